The van der Waals surface area contributed by atoms with Gasteiger partial charge in [0.2, 0.25) is 0 Å². The first-order valence-corrected chi connectivity index (χ1v) is 48.9. The molecule has 0 radical (unpaired) electrons. The molecule has 0 aliphatic carbocycles. The van der Waals surface area contributed by atoms with Crippen molar-refractivity contribution in [3.8, 4) is 119 Å². The predicted octanol–water partition coefficient (Wildman–Crippen LogP) is 30.2. The molecule has 27 rings (SSSR count). The second kappa shape index (κ2) is 36.2. The van der Waals surface area contributed by atoms with Gasteiger partial charge >= 0.3 is 0 Å². The van der Waals surface area contributed by atoms with Crippen LogP contribution in [0.15, 0.2) is 504 Å². The molecule has 0 N–H and O–H groups in total. The van der Waals surface area contributed by atoms with E-state index >= 15 is 4.57 Å². The lowest BCUT2D eigenvalue weighted by Crippen LogP contribution is -2.24. The second-order valence-electron chi connectivity index (χ2n) is 34.9. The fourth-order valence-electron chi connectivity index (χ4n) is 20.2. The fraction of sp³-hybridized carbons (Fsp3) is 0. The molecule has 0 saturated carbocycles. The maximum atomic E-state index is 15.0. The van der Waals surface area contributed by atoms with Gasteiger partial charge < -0.3 is 18.3 Å². The third-order valence-electron chi connectivity index (χ3n) is 26.6. The van der Waals surface area contributed by atoms with Crippen LogP contribution < -0.4 is 15.9 Å². The Labute approximate surface area is 812 Å². The molecule has 0 bridgehead atoms. The van der Waals surface area contributed by atoms with E-state index in [-0.39, 0.29) is 0 Å². The number of para-hydroxylation sites is 6. The van der Waals surface area contributed by atoms with Crippen molar-refractivity contribution in [1.82, 2.24) is 58.6 Å². The highest BCUT2D eigenvalue weighted by Crippen LogP contribution is 2.49. The average Bonchev–Trinajstić information content (AvgIpc) is 1.55. The van der Waals surface area contributed by atoms with E-state index in [0.717, 1.165) is 194 Å². The number of hydrogen-bond donors (Lipinski definition) is 0. The third-order valence-corrected chi connectivity index (χ3v) is 29.7. The SMILES string of the molecule is O=P(c1ccccc1)(c1ccccc1)c1ccc(-n2c3ccccc3c3c4ccccc4nc(-c4ccccc4)c32)cc1.c1ccc(-c2nc(-c3ccccc3)nc(-c3ccc(-n4c5ccccc5c5c6ccccc6nc(-c6ccccc6)c54)c4ccccc34)n2)cc1.c1ccc(-c2nc3ccccc3c3c4ccccc4n(-c4ccc(-c5cc(-c6ccccn6)nc(-c6ccccn6)c5)cc4)c23)cc1. The summed E-state index contributed by atoms with van der Waals surface area (Å²) >= 11 is 0. The highest BCUT2D eigenvalue weighted by molar-refractivity contribution is 7.85. The van der Waals surface area contributed by atoms with E-state index in [4.69, 9.17) is 34.9 Å². The van der Waals surface area contributed by atoms with Crippen LogP contribution in [0.25, 0.3) is 228 Å². The Kier molecular flexibility index (Phi) is 21.6. The molecule has 14 heteroatoms. The van der Waals surface area contributed by atoms with Gasteiger partial charge in [0.15, 0.2) is 24.6 Å². The van der Waals surface area contributed by atoms with Crippen molar-refractivity contribution in [1.29, 1.82) is 0 Å². The zero-order valence-corrected chi connectivity index (χ0v) is 77.0. The van der Waals surface area contributed by atoms with E-state index < -0.39 is 7.14 Å². The molecule has 662 valence electrons. The Morgan fingerprint density at radius 2 is 0.511 bits per heavy atom. The minimum atomic E-state index is -3.08. The van der Waals surface area contributed by atoms with Crippen LogP contribution in [-0.2, 0) is 4.57 Å². The molecule has 17 aromatic carbocycles. The second-order valence-corrected chi connectivity index (χ2v) is 37.6. The molecule has 0 aliphatic heterocycles. The zero-order chi connectivity index (χ0) is 93.7. The van der Waals surface area contributed by atoms with Crippen molar-refractivity contribution in [3.05, 3.63) is 504 Å². The van der Waals surface area contributed by atoms with Gasteiger partial charge in [-0.3, -0.25) is 9.97 Å². The van der Waals surface area contributed by atoms with Crippen molar-refractivity contribution in [2.75, 3.05) is 0 Å². The Balaban J connectivity index is 0.000000112. The van der Waals surface area contributed by atoms with Crippen molar-refractivity contribution < 1.29 is 4.57 Å². The van der Waals surface area contributed by atoms with Crippen LogP contribution in [0.1, 0.15) is 0 Å². The molecule has 141 heavy (non-hydrogen) atoms. The molecule has 10 aromatic heterocycles. The standard InChI is InChI=1S/C46H29N5.C42H27N5.C39H27N2OP/c1-4-16-30(17-5-1)42-43-41(36-24-12-14-26-38(36)47-42)37-25-13-15-27-39(37)51(43)40-29-28-35(33-22-10-11-23-34(33)40)46-49-44(31-18-6-2-7-19-31)48-45(50-46)32-20-8-3-9-21-32;1-2-12-29(13-3-1)41-42-40(32-14-4-6-16-34(32)46-41)33-15-5-7-19-39(33)47(42)31-22-20-28(21-23-31)30-26-37(35-17-8-10-24-43-35)45-38(27-30)36-18-9-11-25-44-36;42-43(30-16-6-2-7-17-30,31-18-8-3-9-19-31)32-26-24-29(25-27-32)41-36-23-13-11-21-34(36)37-33-20-10-12-22-35(33)40-38(39(37)41)28-14-4-1-5-15-28/h1-29H;1-27H;1-27H. The Morgan fingerprint density at radius 1 is 0.199 bits per heavy atom. The van der Waals surface area contributed by atoms with Crippen LogP contribution in [0.2, 0.25) is 0 Å². The van der Waals surface area contributed by atoms with E-state index in [1.165, 1.54) is 32.3 Å². The van der Waals surface area contributed by atoms with Crippen molar-refractivity contribution in [3.63, 3.8) is 0 Å². The molecule has 10 heterocycles. The third kappa shape index (κ3) is 15.2. The lowest BCUT2D eigenvalue weighted by atomic mass is 10.0. The van der Waals surface area contributed by atoms with Crippen molar-refractivity contribution >= 4 is 132 Å². The molecule has 0 atom stereocenters. The van der Waals surface area contributed by atoms with E-state index in [1.807, 2.05) is 188 Å². The zero-order valence-electron chi connectivity index (χ0n) is 76.1. The van der Waals surface area contributed by atoms with E-state index in [0.29, 0.717) is 17.5 Å². The molecule has 0 saturated heterocycles. The summed E-state index contributed by atoms with van der Waals surface area (Å²) < 4.78 is 22.1. The summed E-state index contributed by atoms with van der Waals surface area (Å²) in [7, 11) is -3.08. The van der Waals surface area contributed by atoms with E-state index in [1.54, 1.807) is 12.4 Å². The highest BCUT2D eigenvalue weighted by atomic mass is 31.2. The van der Waals surface area contributed by atoms with Gasteiger partial charge in [-0.1, -0.05) is 370 Å². The van der Waals surface area contributed by atoms with Crippen LogP contribution in [0.5, 0.6) is 0 Å². The highest BCUT2D eigenvalue weighted by Gasteiger charge is 2.32. The van der Waals surface area contributed by atoms with Gasteiger partial charge in [0, 0.05) is 127 Å². The van der Waals surface area contributed by atoms with Gasteiger partial charge in [0.25, 0.3) is 0 Å². The number of rotatable bonds is 15. The summed E-state index contributed by atoms with van der Waals surface area (Å²) in [5.74, 6) is 1.91. The first kappa shape index (κ1) is 84.1. The van der Waals surface area contributed by atoms with Crippen LogP contribution in [-0.4, -0.2) is 58.6 Å². The number of hydrogen-bond acceptors (Lipinski definition) is 10. The monoisotopic (exact) mass is 1820 g/mol. The van der Waals surface area contributed by atoms with Gasteiger partial charge in [0.1, 0.15) is 0 Å². The molecule has 0 aliphatic rings. The number of aromatic nitrogens is 12. The van der Waals surface area contributed by atoms with Crippen LogP contribution >= 0.6 is 7.14 Å². The van der Waals surface area contributed by atoms with Gasteiger partial charge in [0.05, 0.1) is 95.2 Å². The van der Waals surface area contributed by atoms with Gasteiger partial charge in [-0.2, -0.15) is 0 Å². The molecule has 27 aromatic rings. The molecule has 13 nitrogen and oxygen atoms in total. The maximum Gasteiger partial charge on any atom is 0.171 e. The number of fused-ring (bicyclic) bond motifs is 16. The predicted molar refractivity (Wildman–Crippen MR) is 581 cm³/mol. The van der Waals surface area contributed by atoms with Crippen molar-refractivity contribution in [2.45, 2.75) is 0 Å². The van der Waals surface area contributed by atoms with Gasteiger partial charge in [-0.05, 0) is 138 Å². The quantitative estimate of drug-likeness (QED) is 0.0908. The van der Waals surface area contributed by atoms with Crippen LogP contribution in [0.4, 0.5) is 0 Å². The Morgan fingerprint density at radius 3 is 0.908 bits per heavy atom. The summed E-state index contributed by atoms with van der Waals surface area (Å²) in [6, 6.07) is 168. The lowest BCUT2D eigenvalue weighted by molar-refractivity contribution is 0.592. The van der Waals surface area contributed by atoms with Crippen LogP contribution in [0, 0.1) is 0 Å². The summed E-state index contributed by atoms with van der Waals surface area (Å²) in [6.07, 6.45) is 3.60. The Hall–Kier alpha value is -18.7. The average molecular weight is 1820 g/mol. The Bertz CT molecular complexity index is 9310. The number of nitrogens with zero attached hydrogens (tertiary/aromatic N) is 12. The first-order valence-electron chi connectivity index (χ1n) is 47.2. The topological polar surface area (TPSA) is 148 Å². The summed E-state index contributed by atoms with van der Waals surface area (Å²) in [5.41, 5.74) is 27.0. The lowest BCUT2D eigenvalue weighted by Gasteiger charge is -2.20. The molecule has 0 spiro atoms. The number of benzene rings is 17. The molecule has 0 unspecified atom stereocenters. The fourth-order valence-corrected chi connectivity index (χ4v) is 22.8. The van der Waals surface area contributed by atoms with E-state index in [9.17, 15) is 0 Å². The summed E-state index contributed by atoms with van der Waals surface area (Å²) in [4.78, 5) is 45.1. The molecule has 0 amide bonds. The normalized spacial score (nSPS) is 11.6. The van der Waals surface area contributed by atoms with E-state index in [2.05, 4.69) is 327 Å². The minimum Gasteiger partial charge on any atom is -0.309 e. The van der Waals surface area contributed by atoms with Gasteiger partial charge in [-0.25, -0.2) is 34.9 Å². The smallest absolute Gasteiger partial charge is 0.171 e. The van der Waals surface area contributed by atoms with Crippen molar-refractivity contribution in [2.24, 2.45) is 0 Å². The summed E-state index contributed by atoms with van der Waals surface area (Å²) in [5, 5.41) is 15.2. The summed E-state index contributed by atoms with van der Waals surface area (Å²) in [6.45, 7) is 0. The van der Waals surface area contributed by atoms with Gasteiger partial charge in [-0.15, -0.1) is 0 Å². The minimum absolute atomic E-state index is 0.630. The number of pyridine rings is 6. The largest absolute Gasteiger partial charge is 0.309 e. The molecule has 0 fully saturated rings. The first-order chi connectivity index (χ1) is 69.9. The molecular formula is C127H83N12OP. The maximum absolute atomic E-state index is 15.0. The molecular weight excluding hydrogens is 1740 g/mol. The van der Waals surface area contributed by atoms with Crippen LogP contribution in [0.3, 0.4) is 0 Å².